The number of carbonyl (C=O) groups excluding carboxylic acids is 2. The van der Waals surface area contributed by atoms with Gasteiger partial charge in [0.15, 0.2) is 5.78 Å². The molecule has 1 aromatic carbocycles. The fourth-order valence-electron chi connectivity index (χ4n) is 3.01. The van der Waals surface area contributed by atoms with Crippen LogP contribution in [0.15, 0.2) is 23.1 Å². The number of hydrogen-bond donors (Lipinski definition) is 1. The number of hydrogen-bond acceptors (Lipinski definition) is 3. The molecule has 1 aliphatic rings. The lowest BCUT2D eigenvalue weighted by Crippen LogP contribution is -2.44. The van der Waals surface area contributed by atoms with Crippen LogP contribution < -0.4 is 5.32 Å². The summed E-state index contributed by atoms with van der Waals surface area (Å²) in [6.45, 7) is 5.81. The number of thioether (sulfide) groups is 1. The summed E-state index contributed by atoms with van der Waals surface area (Å²) in [5.74, 6) is 0.612. The third kappa shape index (κ3) is 4.80. The topological polar surface area (TPSA) is 46.2 Å². The first-order chi connectivity index (χ1) is 10.9. The lowest BCUT2D eigenvalue weighted by Gasteiger charge is -2.34. The summed E-state index contributed by atoms with van der Waals surface area (Å²) in [4.78, 5) is 23.7. The number of benzene rings is 1. The first-order valence-corrected chi connectivity index (χ1v) is 9.09. The van der Waals surface area contributed by atoms with Crippen molar-refractivity contribution < 1.29 is 14.0 Å². The zero-order valence-corrected chi connectivity index (χ0v) is 14.7. The highest BCUT2D eigenvalue weighted by molar-refractivity contribution is 8.00. The molecular formula is C18H24FNO2S. The number of halogens is 1. The van der Waals surface area contributed by atoms with E-state index in [2.05, 4.69) is 19.2 Å². The van der Waals surface area contributed by atoms with Crippen LogP contribution in [0.5, 0.6) is 0 Å². The SMILES string of the molecule is CC(=O)c1ccc(SCC(=O)N[C@@H]2CCC[C@@H](C)[C@H]2C)c(F)c1. The normalized spacial score (nSPS) is 24.3. The highest BCUT2D eigenvalue weighted by Gasteiger charge is 2.28. The van der Waals surface area contributed by atoms with Gasteiger partial charge in [0.25, 0.3) is 0 Å². The van der Waals surface area contributed by atoms with Gasteiger partial charge < -0.3 is 5.32 Å². The zero-order valence-electron chi connectivity index (χ0n) is 13.9. The van der Waals surface area contributed by atoms with E-state index < -0.39 is 5.82 Å². The Bertz CT molecular complexity index is 590. The number of amides is 1. The smallest absolute Gasteiger partial charge is 0.230 e. The molecule has 2 rings (SSSR count). The second-order valence-electron chi connectivity index (χ2n) is 6.43. The molecule has 0 aromatic heterocycles. The minimum absolute atomic E-state index is 0.0593. The predicted molar refractivity (Wildman–Crippen MR) is 91.2 cm³/mol. The summed E-state index contributed by atoms with van der Waals surface area (Å²) < 4.78 is 13.9. The van der Waals surface area contributed by atoms with Gasteiger partial charge in [-0.25, -0.2) is 4.39 Å². The molecule has 0 saturated heterocycles. The maximum absolute atomic E-state index is 13.9. The fraction of sp³-hybridized carbons (Fsp3) is 0.556. The Labute approximate surface area is 141 Å². The van der Waals surface area contributed by atoms with Gasteiger partial charge in [0.05, 0.1) is 5.75 Å². The highest BCUT2D eigenvalue weighted by atomic mass is 32.2. The van der Waals surface area contributed by atoms with Crippen LogP contribution in [-0.2, 0) is 4.79 Å². The number of nitrogens with one attached hydrogen (secondary N) is 1. The Morgan fingerprint density at radius 1 is 1.30 bits per heavy atom. The maximum atomic E-state index is 13.9. The van der Waals surface area contributed by atoms with E-state index in [1.54, 1.807) is 12.1 Å². The van der Waals surface area contributed by atoms with Gasteiger partial charge in [-0.1, -0.05) is 32.8 Å². The summed E-state index contributed by atoms with van der Waals surface area (Å²) in [7, 11) is 0. The molecule has 1 N–H and O–H groups in total. The monoisotopic (exact) mass is 337 g/mol. The van der Waals surface area contributed by atoms with Crippen molar-refractivity contribution in [1.29, 1.82) is 0 Å². The molecule has 23 heavy (non-hydrogen) atoms. The average molecular weight is 337 g/mol. The Kier molecular flexibility index (Phi) is 6.22. The van der Waals surface area contributed by atoms with E-state index in [0.717, 1.165) is 12.8 Å². The third-order valence-corrected chi connectivity index (χ3v) is 5.80. The highest BCUT2D eigenvalue weighted by Crippen LogP contribution is 2.29. The standard InChI is InChI=1S/C18H24FNO2S/c1-11-5-4-6-16(12(11)2)20-18(22)10-23-17-8-7-14(13(3)21)9-15(17)19/h7-9,11-12,16H,4-6,10H2,1-3H3,(H,20,22)/t11-,12-,16-/m1/s1. The quantitative estimate of drug-likeness (QED) is 0.651. The Morgan fingerprint density at radius 2 is 2.04 bits per heavy atom. The Balaban J connectivity index is 1.88. The van der Waals surface area contributed by atoms with Gasteiger partial charge in [0, 0.05) is 16.5 Å². The van der Waals surface area contributed by atoms with Crippen LogP contribution in [-0.4, -0.2) is 23.5 Å². The minimum atomic E-state index is -0.449. The number of rotatable bonds is 5. The van der Waals surface area contributed by atoms with E-state index in [9.17, 15) is 14.0 Å². The van der Waals surface area contributed by atoms with Crippen LogP contribution in [0.3, 0.4) is 0 Å². The van der Waals surface area contributed by atoms with Crippen molar-refractivity contribution in [2.45, 2.75) is 51.0 Å². The Hall–Kier alpha value is -1.36. The van der Waals surface area contributed by atoms with Crippen LogP contribution in [0.1, 0.15) is 50.4 Å². The first kappa shape index (κ1) is 18.0. The van der Waals surface area contributed by atoms with E-state index in [0.29, 0.717) is 22.3 Å². The van der Waals surface area contributed by atoms with Crippen molar-refractivity contribution in [3.63, 3.8) is 0 Å². The van der Waals surface area contributed by atoms with Crippen molar-refractivity contribution in [1.82, 2.24) is 5.32 Å². The molecule has 1 aromatic rings. The van der Waals surface area contributed by atoms with E-state index in [1.807, 2.05) is 0 Å². The number of Topliss-reactive ketones (excluding diaryl/α,β-unsaturated/α-hetero) is 1. The van der Waals surface area contributed by atoms with Crippen LogP contribution in [0.25, 0.3) is 0 Å². The second kappa shape index (κ2) is 7.95. The lowest BCUT2D eigenvalue weighted by molar-refractivity contribution is -0.120. The van der Waals surface area contributed by atoms with Crippen molar-refractivity contribution >= 4 is 23.5 Å². The van der Waals surface area contributed by atoms with Gasteiger partial charge in [0.2, 0.25) is 5.91 Å². The van der Waals surface area contributed by atoms with Gasteiger partial charge >= 0.3 is 0 Å². The first-order valence-electron chi connectivity index (χ1n) is 8.11. The maximum Gasteiger partial charge on any atom is 0.230 e. The third-order valence-electron chi connectivity index (χ3n) is 4.75. The molecule has 0 unspecified atom stereocenters. The average Bonchev–Trinajstić information content (AvgIpc) is 2.50. The summed E-state index contributed by atoms with van der Waals surface area (Å²) in [5.41, 5.74) is 0.348. The van der Waals surface area contributed by atoms with Gasteiger partial charge in [-0.2, -0.15) is 0 Å². The van der Waals surface area contributed by atoms with Crippen molar-refractivity contribution in [2.24, 2.45) is 11.8 Å². The fourth-order valence-corrected chi connectivity index (χ4v) is 3.75. The predicted octanol–water partition coefficient (Wildman–Crippen LogP) is 4.06. The number of carbonyl (C=O) groups is 2. The molecule has 3 nitrogen and oxygen atoms in total. The molecule has 1 saturated carbocycles. The largest absolute Gasteiger partial charge is 0.352 e. The molecule has 0 aliphatic heterocycles. The van der Waals surface area contributed by atoms with Crippen LogP contribution >= 0.6 is 11.8 Å². The zero-order chi connectivity index (χ0) is 17.0. The molecule has 1 fully saturated rings. The summed E-state index contributed by atoms with van der Waals surface area (Å²) in [5, 5.41) is 3.08. The van der Waals surface area contributed by atoms with Crippen molar-refractivity contribution in [3.8, 4) is 0 Å². The van der Waals surface area contributed by atoms with Gasteiger partial charge in [-0.15, -0.1) is 11.8 Å². The van der Waals surface area contributed by atoms with Gasteiger partial charge in [-0.3, -0.25) is 9.59 Å². The summed E-state index contributed by atoms with van der Waals surface area (Å²) in [6.07, 6.45) is 3.38. The van der Waals surface area contributed by atoms with E-state index in [-0.39, 0.29) is 23.5 Å². The molecule has 5 heteroatoms. The second-order valence-corrected chi connectivity index (χ2v) is 7.45. The van der Waals surface area contributed by atoms with Gasteiger partial charge in [0.1, 0.15) is 5.82 Å². The Morgan fingerprint density at radius 3 is 2.70 bits per heavy atom. The number of ketones is 1. The summed E-state index contributed by atoms with van der Waals surface area (Å²) >= 11 is 1.17. The summed E-state index contributed by atoms with van der Waals surface area (Å²) in [6, 6.07) is 4.61. The molecule has 1 amide bonds. The molecule has 0 heterocycles. The van der Waals surface area contributed by atoms with E-state index in [1.165, 1.54) is 31.2 Å². The molecular weight excluding hydrogens is 313 g/mol. The molecule has 126 valence electrons. The molecule has 0 bridgehead atoms. The van der Waals surface area contributed by atoms with Crippen molar-refractivity contribution in [2.75, 3.05) is 5.75 Å². The van der Waals surface area contributed by atoms with Crippen molar-refractivity contribution in [3.05, 3.63) is 29.6 Å². The molecule has 3 atom stereocenters. The van der Waals surface area contributed by atoms with Crippen LogP contribution in [0.2, 0.25) is 0 Å². The van der Waals surface area contributed by atoms with E-state index >= 15 is 0 Å². The molecule has 0 spiro atoms. The minimum Gasteiger partial charge on any atom is -0.352 e. The van der Waals surface area contributed by atoms with Gasteiger partial charge in [-0.05, 0) is 37.3 Å². The molecule has 1 aliphatic carbocycles. The van der Waals surface area contributed by atoms with E-state index in [4.69, 9.17) is 0 Å². The molecule has 0 radical (unpaired) electrons. The van der Waals surface area contributed by atoms with Crippen LogP contribution in [0, 0.1) is 17.7 Å². The lowest BCUT2D eigenvalue weighted by atomic mass is 9.78. The van der Waals surface area contributed by atoms with Crippen LogP contribution in [0.4, 0.5) is 4.39 Å².